The van der Waals surface area contributed by atoms with Crippen LogP contribution in [0.5, 0.6) is 0 Å². The quantitative estimate of drug-likeness (QED) is 0.668. The minimum atomic E-state index is 0. The van der Waals surface area contributed by atoms with E-state index in [0.717, 1.165) is 16.8 Å². The van der Waals surface area contributed by atoms with Gasteiger partial charge in [-0.3, -0.25) is 9.97 Å². The van der Waals surface area contributed by atoms with Crippen molar-refractivity contribution in [2.75, 3.05) is 0 Å². The molecule has 0 aliphatic rings. The number of rotatable bonds is 0. The molecule has 0 spiro atoms. The standard InChI is InChI=1S/C10H10N2.H3N/c1-7-5-9-3-4-11-6-10(9)8(2)12-7;/h3-6H,1-2H3;1H3. The van der Waals surface area contributed by atoms with Gasteiger partial charge in [0, 0.05) is 29.2 Å². The maximum absolute atomic E-state index is 4.36. The first-order chi connectivity index (χ1) is 5.77. The fourth-order valence-electron chi connectivity index (χ4n) is 1.42. The molecule has 0 bridgehead atoms. The summed E-state index contributed by atoms with van der Waals surface area (Å²) in [5, 5.41) is 2.36. The molecule has 0 saturated carbocycles. The van der Waals surface area contributed by atoms with E-state index in [-0.39, 0.29) is 6.15 Å². The van der Waals surface area contributed by atoms with Gasteiger partial charge in [0.15, 0.2) is 0 Å². The molecule has 2 heterocycles. The number of hydrogen-bond acceptors (Lipinski definition) is 3. The van der Waals surface area contributed by atoms with Gasteiger partial charge in [-0.1, -0.05) is 0 Å². The molecule has 3 nitrogen and oxygen atoms in total. The predicted octanol–water partition coefficient (Wildman–Crippen LogP) is 2.41. The van der Waals surface area contributed by atoms with Crippen LogP contribution in [-0.2, 0) is 0 Å². The summed E-state index contributed by atoms with van der Waals surface area (Å²) in [5.41, 5.74) is 2.12. The Morgan fingerprint density at radius 1 is 1.23 bits per heavy atom. The van der Waals surface area contributed by atoms with Gasteiger partial charge in [0.25, 0.3) is 0 Å². The highest BCUT2D eigenvalue weighted by Gasteiger charge is 1.98. The Balaban J connectivity index is 0.000000845. The van der Waals surface area contributed by atoms with Crippen LogP contribution in [0.15, 0.2) is 24.5 Å². The number of fused-ring (bicyclic) bond motifs is 1. The van der Waals surface area contributed by atoms with E-state index in [4.69, 9.17) is 0 Å². The third-order valence-corrected chi connectivity index (χ3v) is 1.95. The van der Waals surface area contributed by atoms with E-state index >= 15 is 0 Å². The molecule has 68 valence electrons. The summed E-state index contributed by atoms with van der Waals surface area (Å²) < 4.78 is 0. The van der Waals surface area contributed by atoms with Crippen LogP contribution >= 0.6 is 0 Å². The van der Waals surface area contributed by atoms with Crippen molar-refractivity contribution in [3.05, 3.63) is 35.9 Å². The van der Waals surface area contributed by atoms with Crippen molar-refractivity contribution in [2.24, 2.45) is 0 Å². The lowest BCUT2D eigenvalue weighted by Crippen LogP contribution is -1.88. The molecule has 2 aromatic rings. The molecule has 0 aromatic carbocycles. The van der Waals surface area contributed by atoms with E-state index in [1.54, 1.807) is 6.20 Å². The van der Waals surface area contributed by atoms with Crippen LogP contribution in [0, 0.1) is 13.8 Å². The Kier molecular flexibility index (Phi) is 2.58. The molecule has 0 fully saturated rings. The van der Waals surface area contributed by atoms with Crippen LogP contribution in [0.1, 0.15) is 11.4 Å². The van der Waals surface area contributed by atoms with Crippen molar-refractivity contribution in [3.63, 3.8) is 0 Å². The van der Waals surface area contributed by atoms with Gasteiger partial charge in [0.05, 0.1) is 0 Å². The molecule has 2 aromatic heterocycles. The molecule has 0 saturated heterocycles. The molecule has 0 radical (unpaired) electrons. The first kappa shape index (κ1) is 9.61. The molecule has 3 N–H and O–H groups in total. The van der Waals surface area contributed by atoms with E-state index < -0.39 is 0 Å². The zero-order chi connectivity index (χ0) is 8.55. The maximum Gasteiger partial charge on any atom is 0.0469 e. The second kappa shape index (κ2) is 3.49. The van der Waals surface area contributed by atoms with Crippen molar-refractivity contribution < 1.29 is 0 Å². The van der Waals surface area contributed by atoms with E-state index in [2.05, 4.69) is 16.0 Å². The third kappa shape index (κ3) is 1.65. The molecule has 0 atom stereocenters. The summed E-state index contributed by atoms with van der Waals surface area (Å²) in [6.07, 6.45) is 3.66. The van der Waals surface area contributed by atoms with Crippen LogP contribution in [0.25, 0.3) is 10.8 Å². The highest BCUT2D eigenvalue weighted by atomic mass is 14.7. The minimum absolute atomic E-state index is 0. The number of pyridine rings is 2. The Morgan fingerprint density at radius 3 is 2.77 bits per heavy atom. The number of aryl methyl sites for hydroxylation is 2. The normalized spacial score (nSPS) is 9.69. The molecular weight excluding hydrogens is 162 g/mol. The second-order valence-electron chi connectivity index (χ2n) is 2.95. The van der Waals surface area contributed by atoms with Gasteiger partial charge in [-0.2, -0.15) is 0 Å². The SMILES string of the molecule is Cc1cc2ccncc2c(C)n1.N. The zero-order valence-corrected chi connectivity index (χ0v) is 7.91. The second-order valence-corrected chi connectivity index (χ2v) is 2.95. The van der Waals surface area contributed by atoms with Crippen LogP contribution in [0.3, 0.4) is 0 Å². The summed E-state index contributed by atoms with van der Waals surface area (Å²) in [5.74, 6) is 0. The van der Waals surface area contributed by atoms with Gasteiger partial charge in [-0.15, -0.1) is 0 Å². The Hall–Kier alpha value is -1.48. The summed E-state index contributed by atoms with van der Waals surface area (Å²) in [6, 6.07) is 4.08. The minimum Gasteiger partial charge on any atom is -0.344 e. The van der Waals surface area contributed by atoms with E-state index in [0.29, 0.717) is 0 Å². The number of nitrogens with zero attached hydrogens (tertiary/aromatic N) is 2. The molecule has 13 heavy (non-hydrogen) atoms. The maximum atomic E-state index is 4.36. The average molecular weight is 175 g/mol. The smallest absolute Gasteiger partial charge is 0.0469 e. The third-order valence-electron chi connectivity index (χ3n) is 1.95. The Morgan fingerprint density at radius 2 is 2.00 bits per heavy atom. The summed E-state index contributed by atoms with van der Waals surface area (Å²) in [4.78, 5) is 8.43. The lowest BCUT2D eigenvalue weighted by atomic mass is 10.1. The monoisotopic (exact) mass is 175 g/mol. The molecule has 2 rings (SSSR count). The molecule has 0 aliphatic heterocycles. The van der Waals surface area contributed by atoms with Crippen LogP contribution < -0.4 is 6.15 Å². The van der Waals surface area contributed by atoms with Crippen molar-refractivity contribution in [1.29, 1.82) is 0 Å². The molecule has 0 amide bonds. The lowest BCUT2D eigenvalue weighted by molar-refractivity contribution is 1.14. The van der Waals surface area contributed by atoms with Crippen LogP contribution in [-0.4, -0.2) is 9.97 Å². The van der Waals surface area contributed by atoms with Crippen molar-refractivity contribution >= 4 is 10.8 Å². The summed E-state index contributed by atoms with van der Waals surface area (Å²) >= 11 is 0. The van der Waals surface area contributed by atoms with Crippen LogP contribution in [0.2, 0.25) is 0 Å². The van der Waals surface area contributed by atoms with Gasteiger partial charge in [0.2, 0.25) is 0 Å². The van der Waals surface area contributed by atoms with Crippen LogP contribution in [0.4, 0.5) is 0 Å². The van der Waals surface area contributed by atoms with Crippen molar-refractivity contribution in [1.82, 2.24) is 16.1 Å². The molecule has 0 unspecified atom stereocenters. The Bertz CT molecular complexity index is 423. The summed E-state index contributed by atoms with van der Waals surface area (Å²) in [7, 11) is 0. The first-order valence-corrected chi connectivity index (χ1v) is 3.95. The Labute approximate surface area is 77.4 Å². The zero-order valence-electron chi connectivity index (χ0n) is 7.91. The fraction of sp³-hybridized carbons (Fsp3) is 0.200. The van der Waals surface area contributed by atoms with E-state index in [1.165, 1.54) is 5.39 Å². The molecule has 3 heteroatoms. The van der Waals surface area contributed by atoms with E-state index in [1.807, 2.05) is 26.1 Å². The number of aromatic nitrogens is 2. The van der Waals surface area contributed by atoms with Gasteiger partial charge in [-0.25, -0.2) is 0 Å². The molecular formula is C10H13N3. The van der Waals surface area contributed by atoms with Gasteiger partial charge < -0.3 is 6.15 Å². The van der Waals surface area contributed by atoms with Crippen molar-refractivity contribution in [3.8, 4) is 0 Å². The largest absolute Gasteiger partial charge is 0.344 e. The average Bonchev–Trinajstić information content (AvgIpc) is 2.04. The fourth-order valence-corrected chi connectivity index (χ4v) is 1.42. The molecule has 0 aliphatic carbocycles. The highest BCUT2D eigenvalue weighted by Crippen LogP contribution is 2.15. The van der Waals surface area contributed by atoms with Gasteiger partial charge in [-0.05, 0) is 31.4 Å². The van der Waals surface area contributed by atoms with Crippen molar-refractivity contribution in [2.45, 2.75) is 13.8 Å². The lowest BCUT2D eigenvalue weighted by Gasteiger charge is -2.01. The van der Waals surface area contributed by atoms with Gasteiger partial charge >= 0.3 is 0 Å². The summed E-state index contributed by atoms with van der Waals surface area (Å²) in [6.45, 7) is 4.02. The first-order valence-electron chi connectivity index (χ1n) is 3.95. The topological polar surface area (TPSA) is 60.8 Å². The number of hydrogen-bond donors (Lipinski definition) is 1. The van der Waals surface area contributed by atoms with E-state index in [9.17, 15) is 0 Å². The highest BCUT2D eigenvalue weighted by molar-refractivity contribution is 5.83. The van der Waals surface area contributed by atoms with Gasteiger partial charge in [0.1, 0.15) is 0 Å². The predicted molar refractivity (Wildman–Crippen MR) is 54.0 cm³/mol.